The highest BCUT2D eigenvalue weighted by Gasteiger charge is 2.31. The van der Waals surface area contributed by atoms with Gasteiger partial charge in [-0.1, -0.05) is 88.4 Å². The average molecular weight is 462 g/mol. The van der Waals surface area contributed by atoms with Gasteiger partial charge in [-0.05, 0) is 106 Å². The van der Waals surface area contributed by atoms with E-state index in [1.54, 1.807) is 0 Å². The van der Waals surface area contributed by atoms with E-state index >= 15 is 0 Å². The molecule has 0 amide bonds. The first kappa shape index (κ1) is 28.3. The van der Waals surface area contributed by atoms with Crippen molar-refractivity contribution in [3.8, 4) is 0 Å². The molecule has 1 fully saturated rings. The molecule has 1 aromatic carbocycles. The van der Waals surface area contributed by atoms with Gasteiger partial charge in [-0.25, -0.2) is 0 Å². The fourth-order valence-corrected chi connectivity index (χ4v) is 5.92. The highest BCUT2D eigenvalue weighted by atomic mass is 14.7. The van der Waals surface area contributed by atoms with Gasteiger partial charge in [0.05, 0.1) is 0 Å². The van der Waals surface area contributed by atoms with Crippen LogP contribution < -0.4 is 0 Å². The fraction of sp³-hybridized carbons (Fsp3) is 0.606. The summed E-state index contributed by atoms with van der Waals surface area (Å²) in [5, 5.41) is 0. The molecular weight excluding hydrogens is 410 g/mol. The van der Waals surface area contributed by atoms with E-state index in [-0.39, 0.29) is 0 Å². The first-order chi connectivity index (χ1) is 16.2. The van der Waals surface area contributed by atoms with Gasteiger partial charge in [0.25, 0.3) is 0 Å². The number of hydrogen-bond donors (Lipinski definition) is 0. The van der Waals surface area contributed by atoms with Crippen LogP contribution in [0.3, 0.4) is 0 Å². The standard InChI is InChI=1S/C33H51N/c1-9-31(32(25(3)4)29(8)24-33(10-2)20-14-12-15-21-33)34-22-16-11-13-17-27(6)30-23-26(5)18-19-28(30)7/h18-19,23H,3,6,9-17,20-22,24H2,1-2,4-5,7-8H3/b32-29+,34-31-. The summed E-state index contributed by atoms with van der Waals surface area (Å²) in [7, 11) is 0. The van der Waals surface area contributed by atoms with Crippen molar-refractivity contribution in [2.45, 2.75) is 119 Å². The smallest absolute Gasteiger partial charge is 0.0419 e. The summed E-state index contributed by atoms with van der Waals surface area (Å²) >= 11 is 0. The molecule has 1 aromatic rings. The Hall–Kier alpha value is -1.89. The molecule has 0 saturated heterocycles. The van der Waals surface area contributed by atoms with Crippen molar-refractivity contribution < 1.29 is 0 Å². The van der Waals surface area contributed by atoms with Gasteiger partial charge in [-0.15, -0.1) is 0 Å². The molecule has 0 N–H and O–H groups in total. The third-order valence-corrected chi connectivity index (χ3v) is 7.99. The molecule has 1 heteroatoms. The average Bonchev–Trinajstić information content (AvgIpc) is 2.81. The zero-order chi connectivity index (χ0) is 25.1. The Morgan fingerprint density at radius 1 is 0.971 bits per heavy atom. The molecule has 2 rings (SSSR count). The molecular formula is C33H51N. The van der Waals surface area contributed by atoms with Crippen molar-refractivity contribution >= 4 is 11.3 Å². The molecule has 0 atom stereocenters. The lowest BCUT2D eigenvalue weighted by molar-refractivity contribution is 0.179. The SMILES string of the molecule is C=C(C)C(/C(CC)=N\CCCCCC(=C)c1cc(C)ccc1C)=C(/C)CC1(CC)CCCCC1. The van der Waals surface area contributed by atoms with E-state index in [1.165, 1.54) is 102 Å². The van der Waals surface area contributed by atoms with Crippen LogP contribution in [0.5, 0.6) is 0 Å². The molecule has 0 heterocycles. The number of rotatable bonds is 13. The Morgan fingerprint density at radius 3 is 2.29 bits per heavy atom. The summed E-state index contributed by atoms with van der Waals surface area (Å²) in [5.74, 6) is 0. The van der Waals surface area contributed by atoms with Crippen LogP contribution in [-0.2, 0) is 0 Å². The second-order valence-electron chi connectivity index (χ2n) is 10.9. The lowest BCUT2D eigenvalue weighted by atomic mass is 9.68. The number of hydrogen-bond acceptors (Lipinski definition) is 1. The highest BCUT2D eigenvalue weighted by molar-refractivity contribution is 6.04. The van der Waals surface area contributed by atoms with Crippen molar-refractivity contribution in [1.29, 1.82) is 0 Å². The van der Waals surface area contributed by atoms with Crippen molar-refractivity contribution in [3.63, 3.8) is 0 Å². The van der Waals surface area contributed by atoms with Gasteiger partial charge in [-0.2, -0.15) is 0 Å². The number of aliphatic imine (C=N–C) groups is 1. The quantitative estimate of drug-likeness (QED) is 0.157. The third-order valence-electron chi connectivity index (χ3n) is 7.99. The number of allylic oxidation sites excluding steroid dienone is 4. The van der Waals surface area contributed by atoms with Crippen molar-refractivity contribution in [2.75, 3.05) is 6.54 Å². The Morgan fingerprint density at radius 2 is 1.68 bits per heavy atom. The van der Waals surface area contributed by atoms with E-state index in [1.807, 2.05) is 0 Å². The minimum absolute atomic E-state index is 0.500. The Balaban J connectivity index is 1.95. The Labute approximate surface area is 211 Å². The van der Waals surface area contributed by atoms with Gasteiger partial charge in [0, 0.05) is 12.3 Å². The van der Waals surface area contributed by atoms with Crippen LogP contribution in [0.25, 0.3) is 5.57 Å². The molecule has 34 heavy (non-hydrogen) atoms. The van der Waals surface area contributed by atoms with Crippen LogP contribution in [0.15, 0.2) is 53.1 Å². The van der Waals surface area contributed by atoms with Crippen LogP contribution in [-0.4, -0.2) is 12.3 Å². The summed E-state index contributed by atoms with van der Waals surface area (Å²) in [6.07, 6.45) is 15.1. The maximum Gasteiger partial charge on any atom is 0.0419 e. The van der Waals surface area contributed by atoms with Gasteiger partial charge < -0.3 is 0 Å². The normalized spacial score (nSPS) is 16.8. The molecule has 1 saturated carbocycles. The molecule has 0 aromatic heterocycles. The zero-order valence-electron chi connectivity index (χ0n) is 23.3. The Kier molecular flexibility index (Phi) is 11.6. The number of benzene rings is 1. The maximum atomic E-state index is 5.10. The summed E-state index contributed by atoms with van der Waals surface area (Å²) in [6, 6.07) is 6.67. The maximum absolute atomic E-state index is 5.10. The lowest BCUT2D eigenvalue weighted by Crippen LogP contribution is -2.24. The third kappa shape index (κ3) is 8.10. The van der Waals surface area contributed by atoms with Gasteiger partial charge in [0.15, 0.2) is 0 Å². The molecule has 1 aliphatic carbocycles. The van der Waals surface area contributed by atoms with Crippen LogP contribution in [0.1, 0.15) is 121 Å². The van der Waals surface area contributed by atoms with Crippen LogP contribution in [0, 0.1) is 19.3 Å². The molecule has 188 valence electrons. The summed E-state index contributed by atoms with van der Waals surface area (Å²) < 4.78 is 0. The molecule has 0 radical (unpaired) electrons. The van der Waals surface area contributed by atoms with E-state index in [0.717, 1.165) is 25.8 Å². The topological polar surface area (TPSA) is 12.4 Å². The second kappa shape index (κ2) is 13.9. The van der Waals surface area contributed by atoms with Gasteiger partial charge in [0.2, 0.25) is 0 Å². The van der Waals surface area contributed by atoms with Crippen LogP contribution in [0.4, 0.5) is 0 Å². The summed E-state index contributed by atoms with van der Waals surface area (Å²) in [4.78, 5) is 5.10. The number of unbranched alkanes of at least 4 members (excludes halogenated alkanes) is 2. The van der Waals surface area contributed by atoms with Crippen LogP contribution in [0.2, 0.25) is 0 Å². The van der Waals surface area contributed by atoms with Gasteiger partial charge in [0.1, 0.15) is 0 Å². The van der Waals surface area contributed by atoms with Crippen LogP contribution >= 0.6 is 0 Å². The second-order valence-corrected chi connectivity index (χ2v) is 10.9. The zero-order valence-corrected chi connectivity index (χ0v) is 23.3. The van der Waals surface area contributed by atoms with E-state index < -0.39 is 0 Å². The van der Waals surface area contributed by atoms with Crippen molar-refractivity contribution in [1.82, 2.24) is 0 Å². The first-order valence-corrected chi connectivity index (χ1v) is 13.9. The summed E-state index contributed by atoms with van der Waals surface area (Å²) in [5.41, 5.74) is 11.1. The molecule has 0 aliphatic heterocycles. The predicted molar refractivity (Wildman–Crippen MR) is 154 cm³/mol. The molecule has 0 unspecified atom stereocenters. The van der Waals surface area contributed by atoms with E-state index in [9.17, 15) is 0 Å². The molecule has 0 spiro atoms. The minimum atomic E-state index is 0.500. The highest BCUT2D eigenvalue weighted by Crippen LogP contribution is 2.44. The van der Waals surface area contributed by atoms with E-state index in [4.69, 9.17) is 4.99 Å². The van der Waals surface area contributed by atoms with Gasteiger partial charge >= 0.3 is 0 Å². The first-order valence-electron chi connectivity index (χ1n) is 13.9. The largest absolute Gasteiger partial charge is 0.289 e. The monoisotopic (exact) mass is 461 g/mol. The molecule has 1 aliphatic rings. The molecule has 0 bridgehead atoms. The van der Waals surface area contributed by atoms with Gasteiger partial charge in [-0.3, -0.25) is 4.99 Å². The minimum Gasteiger partial charge on any atom is -0.289 e. The van der Waals surface area contributed by atoms with Crippen molar-refractivity contribution in [2.24, 2.45) is 10.4 Å². The summed E-state index contributed by atoms with van der Waals surface area (Å²) in [6.45, 7) is 23.1. The fourth-order valence-electron chi connectivity index (χ4n) is 5.92. The van der Waals surface area contributed by atoms with E-state index in [0.29, 0.717) is 5.41 Å². The predicted octanol–water partition coefficient (Wildman–Crippen LogP) is 10.4. The Bertz CT molecular complexity index is 889. The lowest BCUT2D eigenvalue weighted by Gasteiger charge is -2.37. The number of nitrogens with zero attached hydrogens (tertiary/aromatic N) is 1. The van der Waals surface area contributed by atoms with E-state index in [2.05, 4.69) is 72.9 Å². The number of aryl methyl sites for hydroxylation is 2. The van der Waals surface area contributed by atoms with Crippen molar-refractivity contribution in [3.05, 3.63) is 64.8 Å². The molecule has 1 nitrogen and oxygen atoms in total.